The van der Waals surface area contributed by atoms with Crippen LogP contribution < -0.4 is 15.4 Å². The van der Waals surface area contributed by atoms with Crippen molar-refractivity contribution in [2.24, 2.45) is 0 Å². The van der Waals surface area contributed by atoms with Crippen LogP contribution in [0.2, 0.25) is 0 Å². The Morgan fingerprint density at radius 1 is 1.10 bits per heavy atom. The molecule has 4 atom stereocenters. The number of carbonyl (C=O) groups is 1. The minimum absolute atomic E-state index is 0.204. The van der Waals surface area contributed by atoms with Crippen LogP contribution in [0.1, 0.15) is 6.04 Å². The SMILES string of the molecule is COc1cccc(-c2nnnn2C2COC3C(NC(=O)Nc4ccccc4)COC32)c1. The van der Waals surface area contributed by atoms with Gasteiger partial charge in [-0.25, -0.2) is 9.48 Å². The number of para-hydroxylation sites is 1. The molecular weight excluding hydrogens is 400 g/mol. The summed E-state index contributed by atoms with van der Waals surface area (Å²) in [4.78, 5) is 12.4. The number of urea groups is 1. The summed E-state index contributed by atoms with van der Waals surface area (Å²) in [6, 6.07) is 16.1. The lowest BCUT2D eigenvalue weighted by Gasteiger charge is -2.18. The minimum atomic E-state index is -0.299. The highest BCUT2D eigenvalue weighted by atomic mass is 16.6. The number of ether oxygens (including phenoxy) is 3. The maximum absolute atomic E-state index is 12.4. The fraction of sp³-hybridized carbons (Fsp3) is 0.333. The zero-order valence-electron chi connectivity index (χ0n) is 16.8. The van der Waals surface area contributed by atoms with Crippen molar-refractivity contribution in [2.75, 3.05) is 25.6 Å². The molecule has 2 aromatic carbocycles. The number of anilines is 1. The van der Waals surface area contributed by atoms with Crippen molar-refractivity contribution in [3.8, 4) is 17.1 Å². The summed E-state index contributed by atoms with van der Waals surface area (Å²) in [7, 11) is 1.62. The second-order valence-corrected chi connectivity index (χ2v) is 7.41. The van der Waals surface area contributed by atoms with Gasteiger partial charge < -0.3 is 24.8 Å². The number of tetrazole rings is 1. The van der Waals surface area contributed by atoms with Crippen LogP contribution in [0.25, 0.3) is 11.4 Å². The Morgan fingerprint density at radius 3 is 2.77 bits per heavy atom. The summed E-state index contributed by atoms with van der Waals surface area (Å²) in [6.07, 6.45) is -0.552. The molecule has 0 aliphatic carbocycles. The van der Waals surface area contributed by atoms with Crippen molar-refractivity contribution in [1.82, 2.24) is 25.5 Å². The van der Waals surface area contributed by atoms with Gasteiger partial charge in [-0.1, -0.05) is 30.3 Å². The molecule has 0 saturated carbocycles. The average Bonchev–Trinajstić information content (AvgIpc) is 3.52. The summed E-state index contributed by atoms with van der Waals surface area (Å²) in [6.45, 7) is 0.737. The molecule has 2 amide bonds. The quantitative estimate of drug-likeness (QED) is 0.646. The van der Waals surface area contributed by atoms with E-state index in [1.165, 1.54) is 0 Å². The third-order valence-corrected chi connectivity index (χ3v) is 5.51. The second-order valence-electron chi connectivity index (χ2n) is 7.41. The zero-order valence-corrected chi connectivity index (χ0v) is 16.8. The molecule has 2 aliphatic rings. The number of rotatable bonds is 5. The van der Waals surface area contributed by atoms with Gasteiger partial charge in [0.15, 0.2) is 5.82 Å². The molecular formula is C21H22N6O4. The number of nitrogens with one attached hydrogen (secondary N) is 2. The molecule has 10 nitrogen and oxygen atoms in total. The summed E-state index contributed by atoms with van der Waals surface area (Å²) < 4.78 is 19.0. The van der Waals surface area contributed by atoms with Crippen molar-refractivity contribution in [3.05, 3.63) is 54.6 Å². The van der Waals surface area contributed by atoms with E-state index in [0.717, 1.165) is 17.0 Å². The highest BCUT2D eigenvalue weighted by Crippen LogP contribution is 2.36. The number of amides is 2. The molecule has 2 saturated heterocycles. The van der Waals surface area contributed by atoms with Crippen LogP contribution >= 0.6 is 0 Å². The Hall–Kier alpha value is -3.50. The fourth-order valence-corrected chi connectivity index (χ4v) is 4.04. The second kappa shape index (κ2) is 8.32. The Kier molecular flexibility index (Phi) is 5.23. The molecule has 31 heavy (non-hydrogen) atoms. The first-order chi connectivity index (χ1) is 15.2. The molecule has 0 spiro atoms. The first kappa shape index (κ1) is 19.5. The lowest BCUT2D eigenvalue weighted by Crippen LogP contribution is -2.45. The Bertz CT molecular complexity index is 1060. The lowest BCUT2D eigenvalue weighted by atomic mass is 10.1. The number of carbonyl (C=O) groups excluding carboxylic acids is 1. The molecule has 0 bridgehead atoms. The van der Waals surface area contributed by atoms with E-state index in [0.29, 0.717) is 19.0 Å². The van der Waals surface area contributed by atoms with Crippen LogP contribution in [0.4, 0.5) is 10.5 Å². The molecule has 4 unspecified atom stereocenters. The monoisotopic (exact) mass is 422 g/mol. The minimum Gasteiger partial charge on any atom is -0.497 e. The summed E-state index contributed by atoms with van der Waals surface area (Å²) >= 11 is 0. The van der Waals surface area contributed by atoms with Crippen molar-refractivity contribution in [2.45, 2.75) is 24.3 Å². The molecule has 1 aromatic heterocycles. The number of methoxy groups -OCH3 is 1. The normalized spacial score (nSPS) is 24.5. The van der Waals surface area contributed by atoms with Crippen LogP contribution in [0.5, 0.6) is 5.75 Å². The number of hydrogen-bond acceptors (Lipinski definition) is 7. The van der Waals surface area contributed by atoms with E-state index >= 15 is 0 Å². The van der Waals surface area contributed by atoms with Crippen LogP contribution in [-0.2, 0) is 9.47 Å². The third-order valence-electron chi connectivity index (χ3n) is 5.51. The summed E-state index contributed by atoms with van der Waals surface area (Å²) in [5.41, 5.74) is 1.56. The number of hydrogen-bond donors (Lipinski definition) is 2. The van der Waals surface area contributed by atoms with E-state index < -0.39 is 0 Å². The van der Waals surface area contributed by atoms with E-state index in [9.17, 15) is 4.79 Å². The van der Waals surface area contributed by atoms with Gasteiger partial charge in [0, 0.05) is 11.3 Å². The predicted molar refractivity (Wildman–Crippen MR) is 111 cm³/mol. The highest BCUT2D eigenvalue weighted by Gasteiger charge is 2.50. The van der Waals surface area contributed by atoms with Crippen LogP contribution in [0.15, 0.2) is 54.6 Å². The number of nitrogens with zero attached hydrogens (tertiary/aromatic N) is 4. The van der Waals surface area contributed by atoms with Crippen LogP contribution in [-0.4, -0.2) is 64.8 Å². The Morgan fingerprint density at radius 2 is 1.94 bits per heavy atom. The number of benzene rings is 2. The van der Waals surface area contributed by atoms with E-state index in [4.69, 9.17) is 14.2 Å². The molecule has 2 aliphatic heterocycles. The average molecular weight is 422 g/mol. The molecule has 0 radical (unpaired) electrons. The topological polar surface area (TPSA) is 112 Å². The van der Waals surface area contributed by atoms with Crippen molar-refractivity contribution >= 4 is 11.7 Å². The molecule has 2 fully saturated rings. The van der Waals surface area contributed by atoms with Gasteiger partial charge in [0.05, 0.1) is 26.4 Å². The molecule has 10 heteroatoms. The van der Waals surface area contributed by atoms with E-state index in [2.05, 4.69) is 26.2 Å². The Labute approximate surface area is 178 Å². The molecule has 160 valence electrons. The molecule has 2 N–H and O–H groups in total. The standard InChI is InChI=1S/C21H22N6O4/c1-29-15-9-5-6-13(10-15)20-24-25-26-27(20)17-12-31-18-16(11-30-19(17)18)23-21(28)22-14-7-3-2-4-8-14/h2-10,16-19H,11-12H2,1H3,(H2,22,23,28). The highest BCUT2D eigenvalue weighted by molar-refractivity contribution is 5.89. The van der Waals surface area contributed by atoms with Crippen molar-refractivity contribution in [3.63, 3.8) is 0 Å². The fourth-order valence-electron chi connectivity index (χ4n) is 4.04. The smallest absolute Gasteiger partial charge is 0.319 e. The van der Waals surface area contributed by atoms with Crippen molar-refractivity contribution in [1.29, 1.82) is 0 Å². The van der Waals surface area contributed by atoms with Gasteiger partial charge >= 0.3 is 6.03 Å². The van der Waals surface area contributed by atoms with Crippen molar-refractivity contribution < 1.29 is 19.0 Å². The van der Waals surface area contributed by atoms with E-state index in [1.54, 1.807) is 11.8 Å². The van der Waals surface area contributed by atoms with Crippen LogP contribution in [0, 0.1) is 0 Å². The maximum atomic E-state index is 12.4. The van der Waals surface area contributed by atoms with Gasteiger partial charge in [0.1, 0.15) is 24.0 Å². The summed E-state index contributed by atoms with van der Waals surface area (Å²) in [5.74, 6) is 1.33. The third kappa shape index (κ3) is 3.82. The van der Waals surface area contributed by atoms with Gasteiger partial charge in [-0.3, -0.25) is 0 Å². The first-order valence-electron chi connectivity index (χ1n) is 10.0. The molecule has 5 rings (SSSR count). The van der Waals surface area contributed by atoms with Crippen LogP contribution in [0.3, 0.4) is 0 Å². The zero-order chi connectivity index (χ0) is 21.2. The number of aromatic nitrogens is 4. The van der Waals surface area contributed by atoms with Gasteiger partial charge in [-0.15, -0.1) is 5.10 Å². The molecule has 3 heterocycles. The van der Waals surface area contributed by atoms with Gasteiger partial charge in [0.2, 0.25) is 0 Å². The van der Waals surface area contributed by atoms with Gasteiger partial charge in [0.25, 0.3) is 0 Å². The van der Waals surface area contributed by atoms with Gasteiger partial charge in [-0.05, 0) is 34.7 Å². The largest absolute Gasteiger partial charge is 0.497 e. The maximum Gasteiger partial charge on any atom is 0.319 e. The number of fused-ring (bicyclic) bond motifs is 1. The Balaban J connectivity index is 1.29. The van der Waals surface area contributed by atoms with Gasteiger partial charge in [-0.2, -0.15) is 0 Å². The van der Waals surface area contributed by atoms with E-state index in [-0.39, 0.29) is 30.3 Å². The summed E-state index contributed by atoms with van der Waals surface area (Å²) in [5, 5.41) is 18.0. The first-order valence-corrected chi connectivity index (χ1v) is 10.0. The molecule has 3 aromatic rings. The predicted octanol–water partition coefficient (Wildman–Crippen LogP) is 1.88. The van der Waals surface area contributed by atoms with E-state index in [1.807, 2.05) is 54.6 Å². The lowest BCUT2D eigenvalue weighted by molar-refractivity contribution is 0.0624.